The molecule has 0 aliphatic carbocycles. The number of anilines is 1. The van der Waals surface area contributed by atoms with Crippen molar-refractivity contribution in [2.45, 2.75) is 45.8 Å². The first-order valence-electron chi connectivity index (χ1n) is 13.6. The van der Waals surface area contributed by atoms with Crippen molar-refractivity contribution in [3.63, 3.8) is 0 Å². The monoisotopic (exact) mass is 591 g/mol. The Balaban J connectivity index is 1.78. The van der Waals surface area contributed by atoms with Gasteiger partial charge >= 0.3 is 11.6 Å². The molecule has 0 radical (unpaired) electrons. The lowest BCUT2D eigenvalue weighted by Crippen LogP contribution is -2.37. The molecule has 43 heavy (non-hydrogen) atoms. The van der Waals surface area contributed by atoms with E-state index in [1.54, 1.807) is 42.5 Å². The van der Waals surface area contributed by atoms with Gasteiger partial charge in [-0.2, -0.15) is 4.98 Å². The number of carbonyl (C=O) groups excluding carboxylic acids is 1. The predicted molar refractivity (Wildman–Crippen MR) is 156 cm³/mol. The van der Waals surface area contributed by atoms with Gasteiger partial charge in [0.2, 0.25) is 11.4 Å². The molecule has 12 nitrogen and oxygen atoms in total. The maximum Gasteiger partial charge on any atom is 0.362 e. The van der Waals surface area contributed by atoms with Crippen molar-refractivity contribution in [3.05, 3.63) is 74.5 Å². The number of nitrogens with two attached hydrogens (primary N) is 1. The number of carbonyl (C=O) groups is 1. The molecule has 0 saturated heterocycles. The molecule has 1 atom stereocenters. The van der Waals surface area contributed by atoms with Crippen LogP contribution in [-0.4, -0.2) is 49.1 Å². The first kappa shape index (κ1) is 29.4. The zero-order valence-electron chi connectivity index (χ0n) is 24.9. The summed E-state index contributed by atoms with van der Waals surface area (Å²) in [5.41, 5.74) is 6.72. The fourth-order valence-corrected chi connectivity index (χ4v) is 4.97. The number of hydrogen-bond donors (Lipinski definition) is 1. The third kappa shape index (κ3) is 5.43. The summed E-state index contributed by atoms with van der Waals surface area (Å²) in [5.74, 6) is 0.486. The number of esters is 1. The number of ether oxygens (including phenoxy) is 5. The Bertz CT molecular complexity index is 1860. The van der Waals surface area contributed by atoms with Gasteiger partial charge in [-0.15, -0.1) is 0 Å². The number of hydrogen-bond acceptors (Lipinski definition) is 11. The van der Waals surface area contributed by atoms with Gasteiger partial charge in [0.25, 0.3) is 6.01 Å². The average Bonchev–Trinajstić information content (AvgIpc) is 3.50. The van der Waals surface area contributed by atoms with Crippen LogP contribution in [0.25, 0.3) is 17.5 Å². The van der Waals surface area contributed by atoms with E-state index in [9.17, 15) is 9.59 Å². The molecule has 0 bridgehead atoms. The molecule has 1 aliphatic heterocycles. The van der Waals surface area contributed by atoms with Crippen LogP contribution in [0, 0.1) is 0 Å². The molecule has 0 fully saturated rings. The summed E-state index contributed by atoms with van der Waals surface area (Å²) in [5, 5.41) is 0.0603. The van der Waals surface area contributed by atoms with Gasteiger partial charge in [0.1, 0.15) is 16.6 Å². The van der Waals surface area contributed by atoms with Crippen molar-refractivity contribution in [2.24, 2.45) is 0 Å². The summed E-state index contributed by atoms with van der Waals surface area (Å²) >= 11 is 0. The molecule has 0 unspecified atom stereocenters. The van der Waals surface area contributed by atoms with Gasteiger partial charge in [-0.05, 0) is 69.2 Å². The molecule has 1 aliphatic rings. The highest BCUT2D eigenvalue weighted by atomic mass is 16.5. The SMILES string of the molecule is COC(=O)C1=c2oc(=O)/c(=C/c3ccc(OC(C)C)c(OC)c3)n2-c2oc(N)nc2[C@H]1c1ccc(OC(C)C)c(OC)c1. The average molecular weight is 592 g/mol. The van der Waals surface area contributed by atoms with Crippen LogP contribution in [0.1, 0.15) is 50.4 Å². The maximum atomic E-state index is 13.4. The van der Waals surface area contributed by atoms with Gasteiger partial charge in [-0.1, -0.05) is 12.1 Å². The second-order valence-corrected chi connectivity index (χ2v) is 10.3. The van der Waals surface area contributed by atoms with E-state index in [0.29, 0.717) is 34.1 Å². The number of rotatable bonds is 9. The Kier molecular flexibility index (Phi) is 7.94. The van der Waals surface area contributed by atoms with Crippen LogP contribution >= 0.6 is 0 Å². The summed E-state index contributed by atoms with van der Waals surface area (Å²) in [6.07, 6.45) is 1.41. The van der Waals surface area contributed by atoms with Crippen LogP contribution in [0.5, 0.6) is 23.0 Å². The van der Waals surface area contributed by atoms with E-state index >= 15 is 0 Å². The maximum absolute atomic E-state index is 13.4. The molecule has 4 aromatic rings. The standard InChI is InChI=1S/C31H33N3O9/c1-15(2)40-20-10-8-17(13-22(20)37-5)12-19-29(35)42-27-25(30(36)39-7)24(26-28(34(19)27)43-31(32)33-26)18-9-11-21(41-16(3)4)23(14-18)38-6/h8-16,24H,1-7H3,(H2,32,33)/b19-12-/t24-/m0/s1. The van der Waals surface area contributed by atoms with Gasteiger partial charge in [0, 0.05) is 0 Å². The highest BCUT2D eigenvalue weighted by Gasteiger charge is 2.40. The molecular formula is C31H33N3O9. The first-order valence-corrected chi connectivity index (χ1v) is 13.6. The molecule has 0 spiro atoms. The van der Waals surface area contributed by atoms with E-state index < -0.39 is 17.5 Å². The largest absolute Gasteiger partial charge is 0.493 e. The minimum atomic E-state index is -0.878. The fourth-order valence-electron chi connectivity index (χ4n) is 4.97. The lowest BCUT2D eigenvalue weighted by Gasteiger charge is -2.23. The van der Waals surface area contributed by atoms with Crippen molar-refractivity contribution in [1.82, 2.24) is 9.55 Å². The predicted octanol–water partition coefficient (Wildman–Crippen LogP) is 2.89. The Morgan fingerprint density at radius 1 is 0.930 bits per heavy atom. The minimum absolute atomic E-state index is 0.0258. The van der Waals surface area contributed by atoms with Crippen molar-refractivity contribution >= 4 is 23.6 Å². The molecule has 0 saturated carbocycles. The zero-order chi connectivity index (χ0) is 31.0. The second-order valence-electron chi connectivity index (χ2n) is 10.3. The van der Waals surface area contributed by atoms with Crippen LogP contribution in [-0.2, 0) is 9.53 Å². The molecule has 2 aromatic carbocycles. The minimum Gasteiger partial charge on any atom is -0.493 e. The summed E-state index contributed by atoms with van der Waals surface area (Å²) in [6, 6.07) is 10.3. The molecule has 5 rings (SSSR count). The van der Waals surface area contributed by atoms with Gasteiger partial charge < -0.3 is 38.3 Å². The Morgan fingerprint density at radius 3 is 2.16 bits per heavy atom. The van der Waals surface area contributed by atoms with E-state index in [4.69, 9.17) is 38.3 Å². The van der Waals surface area contributed by atoms with Crippen LogP contribution in [0.4, 0.5) is 6.01 Å². The molecule has 226 valence electrons. The first-order chi connectivity index (χ1) is 20.6. The Labute approximate surface area is 246 Å². The summed E-state index contributed by atoms with van der Waals surface area (Å²) in [7, 11) is 4.28. The topological polar surface area (TPSA) is 150 Å². The smallest absolute Gasteiger partial charge is 0.362 e. The third-order valence-corrected chi connectivity index (χ3v) is 6.63. The molecule has 0 amide bonds. The molecular weight excluding hydrogens is 558 g/mol. The number of nitrogens with zero attached hydrogens (tertiary/aromatic N) is 2. The van der Waals surface area contributed by atoms with Crippen molar-refractivity contribution in [3.8, 4) is 28.9 Å². The molecule has 3 heterocycles. The van der Waals surface area contributed by atoms with Crippen molar-refractivity contribution in [2.75, 3.05) is 27.1 Å². The Morgan fingerprint density at radius 2 is 1.56 bits per heavy atom. The quantitative estimate of drug-likeness (QED) is 0.286. The van der Waals surface area contributed by atoms with E-state index in [2.05, 4.69) is 4.98 Å². The van der Waals surface area contributed by atoms with E-state index in [0.717, 1.165) is 0 Å². The second kappa shape index (κ2) is 11.6. The van der Waals surface area contributed by atoms with Crippen molar-refractivity contribution < 1.29 is 37.3 Å². The number of fused-ring (bicyclic) bond motifs is 3. The third-order valence-electron chi connectivity index (χ3n) is 6.63. The van der Waals surface area contributed by atoms with Gasteiger partial charge in [-0.3, -0.25) is 0 Å². The number of oxazole rings is 2. The highest BCUT2D eigenvalue weighted by Crippen LogP contribution is 2.41. The number of methoxy groups -OCH3 is 3. The number of aromatic nitrogens is 2. The van der Waals surface area contributed by atoms with Crippen LogP contribution < -0.4 is 41.2 Å². The highest BCUT2D eigenvalue weighted by molar-refractivity contribution is 6.12. The van der Waals surface area contributed by atoms with Gasteiger partial charge in [-0.25, -0.2) is 14.2 Å². The van der Waals surface area contributed by atoms with Gasteiger partial charge in [0.05, 0.1) is 39.5 Å². The summed E-state index contributed by atoms with van der Waals surface area (Å²) in [6.45, 7) is 7.61. The lowest BCUT2D eigenvalue weighted by molar-refractivity contribution is -0.134. The van der Waals surface area contributed by atoms with E-state index in [1.807, 2.05) is 27.7 Å². The number of benzene rings is 2. The van der Waals surface area contributed by atoms with Gasteiger partial charge in [0.15, 0.2) is 23.0 Å². The van der Waals surface area contributed by atoms with Crippen molar-refractivity contribution in [1.29, 1.82) is 0 Å². The summed E-state index contributed by atoms with van der Waals surface area (Å²) < 4.78 is 40.8. The van der Waals surface area contributed by atoms with E-state index in [-0.39, 0.29) is 46.3 Å². The zero-order valence-corrected chi connectivity index (χ0v) is 24.9. The molecule has 12 heteroatoms. The Hall–Kier alpha value is -5.13. The van der Waals surface area contributed by atoms with E-state index in [1.165, 1.54) is 25.9 Å². The molecule has 2 aromatic heterocycles. The van der Waals surface area contributed by atoms with Crippen LogP contribution in [0.3, 0.4) is 0 Å². The fraction of sp³-hybridized carbons (Fsp3) is 0.323. The normalized spacial score (nSPS) is 14.5. The lowest BCUT2D eigenvalue weighted by atomic mass is 9.86. The molecule has 2 N–H and O–H groups in total. The van der Waals surface area contributed by atoms with Crippen LogP contribution in [0.2, 0.25) is 0 Å². The number of nitrogen functional groups attached to an aromatic ring is 1. The summed E-state index contributed by atoms with van der Waals surface area (Å²) in [4.78, 5) is 31.2. The van der Waals surface area contributed by atoms with Crippen LogP contribution in [0.15, 0.2) is 50.0 Å².